The molecule has 1 aliphatic heterocycles. The maximum Gasteiger partial charge on any atom is 0.261 e. The van der Waals surface area contributed by atoms with E-state index in [1.165, 1.54) is 12.1 Å². The van der Waals surface area contributed by atoms with Crippen molar-refractivity contribution < 1.29 is 14.7 Å². The quantitative estimate of drug-likeness (QED) is 0.414. The van der Waals surface area contributed by atoms with Crippen LogP contribution >= 0.6 is 46.4 Å². The average Bonchev–Trinajstić information content (AvgIpc) is 2.92. The minimum absolute atomic E-state index is 0.0482. The number of nitrogens with zero attached hydrogens (tertiary/aromatic N) is 3. The normalized spacial score (nSPS) is 12.5. The van der Waals surface area contributed by atoms with Crippen molar-refractivity contribution in [2.75, 3.05) is 0 Å². The Balaban J connectivity index is 0.000000216. The second-order valence-electron chi connectivity index (χ2n) is 6.10. The number of hydrogen-bond donors (Lipinski definition) is 1. The fraction of sp³-hybridized carbons (Fsp3) is 0.100. The molecule has 3 aromatic rings. The molecule has 10 heteroatoms. The Labute approximate surface area is 192 Å². The SMILES string of the molecule is O=C1c2ccccc2C(=O)N1Cc1cc(Cl)cc(Cl)n1.OCc1cc(Cl)cc(Cl)n1. The molecule has 0 fully saturated rings. The monoisotopic (exact) mass is 483 g/mol. The lowest BCUT2D eigenvalue weighted by Crippen LogP contribution is -2.29. The molecule has 1 aromatic carbocycles. The molecule has 3 heterocycles. The van der Waals surface area contributed by atoms with Gasteiger partial charge in [0.1, 0.15) is 10.3 Å². The van der Waals surface area contributed by atoms with Gasteiger partial charge in [0.05, 0.1) is 35.7 Å². The summed E-state index contributed by atoms with van der Waals surface area (Å²) in [5.74, 6) is -0.660. The fourth-order valence-electron chi connectivity index (χ4n) is 2.74. The van der Waals surface area contributed by atoms with Crippen LogP contribution < -0.4 is 0 Å². The lowest BCUT2D eigenvalue weighted by molar-refractivity contribution is 0.0640. The van der Waals surface area contributed by atoms with Crippen LogP contribution in [0.15, 0.2) is 48.5 Å². The average molecular weight is 485 g/mol. The molecule has 0 radical (unpaired) electrons. The van der Waals surface area contributed by atoms with E-state index in [0.717, 1.165) is 4.90 Å². The van der Waals surface area contributed by atoms with Crippen LogP contribution in [0.4, 0.5) is 0 Å². The summed E-state index contributed by atoms with van der Waals surface area (Å²) in [6.45, 7) is -0.0904. The number of aliphatic hydroxyl groups excluding tert-OH is 1. The zero-order chi connectivity index (χ0) is 21.8. The first kappa shape index (κ1) is 22.5. The van der Waals surface area contributed by atoms with E-state index in [4.69, 9.17) is 51.5 Å². The van der Waals surface area contributed by atoms with Crippen LogP contribution in [0.25, 0.3) is 0 Å². The number of hydrogen-bond acceptors (Lipinski definition) is 5. The van der Waals surface area contributed by atoms with Gasteiger partial charge in [-0.05, 0) is 36.4 Å². The van der Waals surface area contributed by atoms with Crippen LogP contribution in [0.3, 0.4) is 0 Å². The smallest absolute Gasteiger partial charge is 0.261 e. The second-order valence-corrected chi connectivity index (χ2v) is 7.75. The largest absolute Gasteiger partial charge is 0.390 e. The van der Waals surface area contributed by atoms with E-state index >= 15 is 0 Å². The van der Waals surface area contributed by atoms with Crippen molar-refractivity contribution in [3.05, 3.63) is 91.4 Å². The lowest BCUT2D eigenvalue weighted by atomic mass is 10.1. The summed E-state index contributed by atoms with van der Waals surface area (Å²) in [6.07, 6.45) is 0. The molecule has 0 atom stereocenters. The minimum atomic E-state index is -0.330. The predicted molar refractivity (Wildman–Crippen MR) is 115 cm³/mol. The molecule has 0 bridgehead atoms. The third kappa shape index (κ3) is 5.28. The lowest BCUT2D eigenvalue weighted by Gasteiger charge is -2.13. The van der Waals surface area contributed by atoms with Gasteiger partial charge >= 0.3 is 0 Å². The van der Waals surface area contributed by atoms with E-state index in [1.807, 2.05) is 0 Å². The first-order chi connectivity index (χ1) is 14.3. The zero-order valence-electron chi connectivity index (χ0n) is 15.2. The van der Waals surface area contributed by atoms with Gasteiger partial charge in [0.2, 0.25) is 0 Å². The van der Waals surface area contributed by atoms with Gasteiger partial charge in [-0.2, -0.15) is 0 Å². The first-order valence-electron chi connectivity index (χ1n) is 8.48. The van der Waals surface area contributed by atoms with E-state index in [1.54, 1.807) is 36.4 Å². The Morgan fingerprint density at radius 2 is 1.23 bits per heavy atom. The number of fused-ring (bicyclic) bond motifs is 1. The van der Waals surface area contributed by atoms with Crippen molar-refractivity contribution >= 4 is 58.2 Å². The highest BCUT2D eigenvalue weighted by Crippen LogP contribution is 2.25. The first-order valence-corrected chi connectivity index (χ1v) is 9.99. The van der Waals surface area contributed by atoms with Crippen LogP contribution in [0, 0.1) is 0 Å². The molecule has 4 rings (SSSR count). The van der Waals surface area contributed by atoms with Gasteiger partial charge < -0.3 is 5.11 Å². The molecule has 0 saturated heterocycles. The highest BCUT2D eigenvalue weighted by atomic mass is 35.5. The van der Waals surface area contributed by atoms with Gasteiger partial charge in [-0.25, -0.2) is 9.97 Å². The Morgan fingerprint density at radius 3 is 1.70 bits per heavy atom. The number of benzene rings is 1. The second kappa shape index (κ2) is 9.73. The molecule has 2 aromatic heterocycles. The Bertz CT molecular complexity index is 1050. The molecule has 2 amide bonds. The van der Waals surface area contributed by atoms with Crippen LogP contribution in [0.5, 0.6) is 0 Å². The Kier molecular flexibility index (Phi) is 7.28. The van der Waals surface area contributed by atoms with E-state index in [-0.39, 0.29) is 30.1 Å². The zero-order valence-corrected chi connectivity index (χ0v) is 18.2. The molecular formula is C20H13Cl4N3O3. The van der Waals surface area contributed by atoms with Gasteiger partial charge in [-0.15, -0.1) is 0 Å². The molecule has 0 saturated carbocycles. The molecule has 30 heavy (non-hydrogen) atoms. The van der Waals surface area contributed by atoms with Crippen molar-refractivity contribution in [3.63, 3.8) is 0 Å². The molecule has 6 nitrogen and oxygen atoms in total. The van der Waals surface area contributed by atoms with E-state index in [0.29, 0.717) is 37.7 Å². The van der Waals surface area contributed by atoms with E-state index in [2.05, 4.69) is 9.97 Å². The topological polar surface area (TPSA) is 83.4 Å². The minimum Gasteiger partial charge on any atom is -0.390 e. The van der Waals surface area contributed by atoms with E-state index < -0.39 is 0 Å². The maximum atomic E-state index is 12.2. The third-order valence-corrected chi connectivity index (χ3v) is 4.81. The van der Waals surface area contributed by atoms with Crippen molar-refractivity contribution in [2.45, 2.75) is 13.2 Å². The Hall–Kier alpha value is -2.22. The predicted octanol–water partition coefficient (Wildman–Crippen LogP) is 5.07. The van der Waals surface area contributed by atoms with Crippen LogP contribution in [0.2, 0.25) is 20.4 Å². The highest BCUT2D eigenvalue weighted by Gasteiger charge is 2.35. The summed E-state index contributed by atoms with van der Waals surface area (Å²) < 4.78 is 0. The standard InChI is InChI=1S/C14H8Cl2N2O2.C6H5Cl2NO/c15-8-5-9(17-12(16)6-8)7-18-13(19)10-3-1-2-4-11(10)14(18)20;7-4-1-5(3-10)9-6(8)2-4/h1-6H,7H2;1-2,10H,3H2. The van der Waals surface area contributed by atoms with Gasteiger partial charge in [0, 0.05) is 10.0 Å². The Morgan fingerprint density at radius 1 is 0.767 bits per heavy atom. The van der Waals surface area contributed by atoms with Crippen LogP contribution in [0.1, 0.15) is 32.1 Å². The number of carbonyl (C=O) groups excluding carboxylic acids is 2. The van der Waals surface area contributed by atoms with Crippen LogP contribution in [-0.4, -0.2) is 31.8 Å². The third-order valence-electron chi connectivity index (χ3n) is 3.98. The molecule has 1 aliphatic rings. The molecule has 0 aliphatic carbocycles. The molecule has 0 spiro atoms. The summed E-state index contributed by atoms with van der Waals surface area (Å²) in [6, 6.07) is 12.9. The number of imide groups is 1. The van der Waals surface area contributed by atoms with Gasteiger partial charge in [-0.1, -0.05) is 58.5 Å². The molecule has 0 unspecified atom stereocenters. The van der Waals surface area contributed by atoms with Crippen molar-refractivity contribution in [1.29, 1.82) is 0 Å². The van der Waals surface area contributed by atoms with Crippen LogP contribution in [-0.2, 0) is 13.2 Å². The molecular weight excluding hydrogens is 472 g/mol. The summed E-state index contributed by atoms with van der Waals surface area (Å²) in [5.41, 5.74) is 1.77. The number of aliphatic hydroxyl groups is 1. The van der Waals surface area contributed by atoms with Crippen molar-refractivity contribution in [2.24, 2.45) is 0 Å². The number of aromatic nitrogens is 2. The molecule has 154 valence electrons. The number of carbonyl (C=O) groups is 2. The number of pyridine rings is 2. The number of rotatable bonds is 3. The highest BCUT2D eigenvalue weighted by molar-refractivity contribution is 6.34. The number of halogens is 4. The summed E-state index contributed by atoms with van der Waals surface area (Å²) >= 11 is 22.8. The summed E-state index contributed by atoms with van der Waals surface area (Å²) in [5, 5.41) is 10.0. The number of amides is 2. The fourth-order valence-corrected chi connectivity index (χ4v) is 3.76. The maximum absolute atomic E-state index is 12.2. The van der Waals surface area contributed by atoms with Crippen molar-refractivity contribution in [1.82, 2.24) is 14.9 Å². The summed E-state index contributed by atoms with van der Waals surface area (Å²) in [7, 11) is 0. The van der Waals surface area contributed by atoms with Gasteiger partial charge in [-0.3, -0.25) is 14.5 Å². The van der Waals surface area contributed by atoms with Gasteiger partial charge in [0.25, 0.3) is 11.8 Å². The van der Waals surface area contributed by atoms with E-state index in [9.17, 15) is 9.59 Å². The summed E-state index contributed by atoms with van der Waals surface area (Å²) in [4.78, 5) is 33.4. The van der Waals surface area contributed by atoms with Gasteiger partial charge in [0.15, 0.2) is 0 Å². The van der Waals surface area contributed by atoms with Crippen molar-refractivity contribution in [3.8, 4) is 0 Å². The molecule has 1 N–H and O–H groups in total.